The Balaban J connectivity index is 1.98. The highest BCUT2D eigenvalue weighted by molar-refractivity contribution is 7.99. The third-order valence-corrected chi connectivity index (χ3v) is 4.87. The summed E-state index contributed by atoms with van der Waals surface area (Å²) >= 11 is 1.84. The number of urea groups is 1. The maximum atomic E-state index is 12.1. The minimum Gasteiger partial charge on any atom is -0.480 e. The number of hydrogen-bond donors (Lipinski definition) is 2. The van der Waals surface area contributed by atoms with E-state index in [1.165, 1.54) is 0 Å². The second-order valence-electron chi connectivity index (χ2n) is 5.34. The second-order valence-corrected chi connectivity index (χ2v) is 6.89. The molecule has 0 aromatic rings. The molecule has 1 aliphatic carbocycles. The molecule has 0 spiro atoms. The van der Waals surface area contributed by atoms with Crippen LogP contribution in [0.2, 0.25) is 0 Å². The van der Waals surface area contributed by atoms with Crippen molar-refractivity contribution in [2.24, 2.45) is 5.92 Å². The lowest BCUT2D eigenvalue weighted by atomic mass is 9.96. The van der Waals surface area contributed by atoms with Gasteiger partial charge in [-0.2, -0.15) is 11.8 Å². The first kappa shape index (κ1) is 13.5. The summed E-state index contributed by atoms with van der Waals surface area (Å²) < 4.78 is 0. The molecule has 1 heterocycles. The van der Waals surface area contributed by atoms with Gasteiger partial charge in [-0.3, -0.25) is 0 Å². The lowest BCUT2D eigenvalue weighted by Crippen LogP contribution is -2.59. The van der Waals surface area contributed by atoms with Gasteiger partial charge in [-0.15, -0.1) is 0 Å². The predicted molar refractivity (Wildman–Crippen MR) is 70.8 cm³/mol. The van der Waals surface area contributed by atoms with Crippen LogP contribution in [-0.4, -0.2) is 51.6 Å². The molecule has 0 radical (unpaired) electrons. The maximum absolute atomic E-state index is 12.1. The van der Waals surface area contributed by atoms with Gasteiger partial charge in [0.1, 0.15) is 5.54 Å². The molecule has 0 aromatic heterocycles. The van der Waals surface area contributed by atoms with Crippen molar-refractivity contribution in [3.8, 4) is 0 Å². The van der Waals surface area contributed by atoms with E-state index in [0.29, 0.717) is 18.3 Å². The van der Waals surface area contributed by atoms with Crippen LogP contribution < -0.4 is 5.32 Å². The fourth-order valence-electron chi connectivity index (χ4n) is 2.29. The lowest BCUT2D eigenvalue weighted by molar-refractivity contribution is -0.144. The van der Waals surface area contributed by atoms with Crippen LogP contribution in [0.3, 0.4) is 0 Å². The van der Waals surface area contributed by atoms with Crippen LogP contribution in [0.25, 0.3) is 0 Å². The molecule has 2 unspecified atom stereocenters. The molecule has 102 valence electrons. The SMILES string of the molecule is CC1CN(C(=O)NC(C)(C(=O)O)C2CC2)CCS1. The Labute approximate surface area is 111 Å². The summed E-state index contributed by atoms with van der Waals surface area (Å²) in [4.78, 5) is 25.2. The number of carboxylic acid groups (broad SMARTS) is 1. The molecule has 2 N–H and O–H groups in total. The van der Waals surface area contributed by atoms with Crippen molar-refractivity contribution >= 4 is 23.8 Å². The van der Waals surface area contributed by atoms with Crippen LogP contribution in [-0.2, 0) is 4.79 Å². The number of carboxylic acids is 1. The van der Waals surface area contributed by atoms with Crippen LogP contribution >= 0.6 is 11.8 Å². The van der Waals surface area contributed by atoms with Crippen molar-refractivity contribution in [2.75, 3.05) is 18.8 Å². The second kappa shape index (κ2) is 4.99. The van der Waals surface area contributed by atoms with E-state index in [-0.39, 0.29) is 11.9 Å². The summed E-state index contributed by atoms with van der Waals surface area (Å²) in [6, 6.07) is -0.237. The molecule has 2 amide bonds. The van der Waals surface area contributed by atoms with Crippen molar-refractivity contribution in [1.29, 1.82) is 0 Å². The molecular formula is C12H20N2O3S. The molecule has 5 nitrogen and oxygen atoms in total. The minimum absolute atomic E-state index is 0.0792. The first-order valence-corrected chi connectivity index (χ1v) is 7.40. The Hall–Kier alpha value is -0.910. The Morgan fingerprint density at radius 3 is 2.61 bits per heavy atom. The minimum atomic E-state index is -1.11. The quantitative estimate of drug-likeness (QED) is 0.814. The zero-order valence-corrected chi connectivity index (χ0v) is 11.6. The monoisotopic (exact) mass is 272 g/mol. The predicted octanol–water partition coefficient (Wildman–Crippen LogP) is 1.39. The van der Waals surface area contributed by atoms with Gasteiger partial charge in [0.25, 0.3) is 0 Å². The van der Waals surface area contributed by atoms with Gasteiger partial charge in [-0.05, 0) is 25.7 Å². The van der Waals surface area contributed by atoms with Gasteiger partial charge in [0.15, 0.2) is 0 Å². The van der Waals surface area contributed by atoms with E-state index >= 15 is 0 Å². The van der Waals surface area contributed by atoms with E-state index in [4.69, 9.17) is 0 Å². The average molecular weight is 272 g/mol. The average Bonchev–Trinajstić information content (AvgIpc) is 3.12. The molecule has 2 rings (SSSR count). The summed E-state index contributed by atoms with van der Waals surface area (Å²) in [5, 5.41) is 12.4. The van der Waals surface area contributed by atoms with E-state index in [1.54, 1.807) is 11.8 Å². The van der Waals surface area contributed by atoms with E-state index in [0.717, 1.165) is 18.6 Å². The van der Waals surface area contributed by atoms with Crippen LogP contribution in [0.4, 0.5) is 4.79 Å². The van der Waals surface area contributed by atoms with Crippen LogP contribution in [0, 0.1) is 5.92 Å². The highest BCUT2D eigenvalue weighted by atomic mass is 32.2. The molecule has 2 aliphatic rings. The van der Waals surface area contributed by atoms with Crippen molar-refractivity contribution in [2.45, 2.75) is 37.5 Å². The number of rotatable bonds is 3. The molecule has 6 heteroatoms. The normalized spacial score (nSPS) is 27.4. The van der Waals surface area contributed by atoms with Gasteiger partial charge in [0.2, 0.25) is 0 Å². The molecular weight excluding hydrogens is 252 g/mol. The maximum Gasteiger partial charge on any atom is 0.329 e. The number of nitrogens with one attached hydrogen (secondary N) is 1. The summed E-state index contributed by atoms with van der Waals surface area (Å²) in [6.45, 7) is 5.09. The van der Waals surface area contributed by atoms with Gasteiger partial charge in [0.05, 0.1) is 0 Å². The molecule has 18 heavy (non-hydrogen) atoms. The molecule has 1 saturated carbocycles. The zero-order valence-electron chi connectivity index (χ0n) is 10.8. The van der Waals surface area contributed by atoms with Crippen molar-refractivity contribution in [1.82, 2.24) is 10.2 Å². The van der Waals surface area contributed by atoms with Crippen LogP contribution in [0.1, 0.15) is 26.7 Å². The summed E-state index contributed by atoms with van der Waals surface area (Å²) in [6.07, 6.45) is 1.77. The standard InChI is InChI=1S/C12H20N2O3S/c1-8-7-14(5-6-18-8)11(17)13-12(2,10(15)16)9-3-4-9/h8-9H,3-7H2,1-2H3,(H,13,17)(H,15,16). The molecule has 1 saturated heterocycles. The molecule has 1 aliphatic heterocycles. The Morgan fingerprint density at radius 2 is 2.11 bits per heavy atom. The van der Waals surface area contributed by atoms with Crippen molar-refractivity contribution < 1.29 is 14.7 Å². The summed E-state index contributed by atoms with van der Waals surface area (Å²) in [5.74, 6) is 0.0650. The van der Waals surface area contributed by atoms with Gasteiger partial charge in [0, 0.05) is 24.1 Å². The van der Waals surface area contributed by atoms with E-state index in [2.05, 4.69) is 12.2 Å². The Morgan fingerprint density at radius 1 is 1.44 bits per heavy atom. The van der Waals surface area contributed by atoms with Gasteiger partial charge < -0.3 is 15.3 Å². The highest BCUT2D eigenvalue weighted by Crippen LogP contribution is 2.39. The number of amides is 2. The fraction of sp³-hybridized carbons (Fsp3) is 0.833. The number of thioether (sulfide) groups is 1. The van der Waals surface area contributed by atoms with Gasteiger partial charge in [-0.1, -0.05) is 6.92 Å². The summed E-state index contributed by atoms with van der Waals surface area (Å²) in [5.41, 5.74) is -1.11. The Kier molecular flexibility index (Phi) is 3.75. The van der Waals surface area contributed by atoms with Gasteiger partial charge >= 0.3 is 12.0 Å². The number of nitrogens with zero attached hydrogens (tertiary/aromatic N) is 1. The third-order valence-electron chi connectivity index (χ3n) is 3.73. The van der Waals surface area contributed by atoms with Gasteiger partial charge in [-0.25, -0.2) is 9.59 Å². The topological polar surface area (TPSA) is 69.6 Å². The van der Waals surface area contributed by atoms with E-state index < -0.39 is 11.5 Å². The number of hydrogen-bond acceptors (Lipinski definition) is 3. The number of carbonyl (C=O) groups excluding carboxylic acids is 1. The first-order valence-electron chi connectivity index (χ1n) is 6.35. The van der Waals surface area contributed by atoms with Crippen LogP contribution in [0.5, 0.6) is 0 Å². The zero-order chi connectivity index (χ0) is 13.3. The lowest BCUT2D eigenvalue weighted by Gasteiger charge is -2.34. The smallest absolute Gasteiger partial charge is 0.329 e. The molecule has 2 atom stereocenters. The summed E-state index contributed by atoms with van der Waals surface area (Å²) in [7, 11) is 0. The fourth-order valence-corrected chi connectivity index (χ4v) is 3.31. The number of aliphatic carboxylic acids is 1. The van der Waals surface area contributed by atoms with Crippen molar-refractivity contribution in [3.05, 3.63) is 0 Å². The van der Waals surface area contributed by atoms with Crippen LogP contribution in [0.15, 0.2) is 0 Å². The van der Waals surface area contributed by atoms with E-state index in [1.807, 2.05) is 11.8 Å². The number of carbonyl (C=O) groups is 2. The largest absolute Gasteiger partial charge is 0.480 e. The molecule has 0 bridgehead atoms. The molecule has 2 fully saturated rings. The Bertz CT molecular complexity index is 359. The highest BCUT2D eigenvalue weighted by Gasteiger charge is 2.49. The first-order chi connectivity index (χ1) is 8.43. The van der Waals surface area contributed by atoms with Crippen molar-refractivity contribution in [3.63, 3.8) is 0 Å². The van der Waals surface area contributed by atoms with E-state index in [9.17, 15) is 14.7 Å². The third kappa shape index (κ3) is 2.74. The molecule has 0 aromatic carbocycles.